The fourth-order valence-corrected chi connectivity index (χ4v) is 2.46. The monoisotopic (exact) mass is 219 g/mol. The summed E-state index contributed by atoms with van der Waals surface area (Å²) in [5.74, 6) is 0.581. The third-order valence-corrected chi connectivity index (χ3v) is 3.30. The molecule has 0 aliphatic heterocycles. The van der Waals surface area contributed by atoms with E-state index >= 15 is 0 Å². The average Bonchev–Trinajstić information content (AvgIpc) is 2.70. The molecule has 1 aliphatic rings. The topological polar surface area (TPSA) is 21.3 Å². The Labute approximate surface area is 98.0 Å². The molecule has 0 bridgehead atoms. The summed E-state index contributed by atoms with van der Waals surface area (Å²) >= 11 is 0. The lowest BCUT2D eigenvalue weighted by Crippen LogP contribution is -2.26. The van der Waals surface area contributed by atoms with Crippen LogP contribution >= 0.6 is 0 Å². The molecule has 1 N–H and O–H groups in total. The van der Waals surface area contributed by atoms with Gasteiger partial charge in [-0.15, -0.1) is 0 Å². The highest BCUT2D eigenvalue weighted by atomic mass is 16.5. The third kappa shape index (κ3) is 2.63. The zero-order valence-electron chi connectivity index (χ0n) is 10.2. The number of hydrogen-bond donors (Lipinski definition) is 1. The molecule has 0 amide bonds. The summed E-state index contributed by atoms with van der Waals surface area (Å²) < 4.78 is 5.15. The summed E-state index contributed by atoms with van der Waals surface area (Å²) in [6.45, 7) is 4.09. The van der Waals surface area contributed by atoms with Crippen LogP contribution < -0.4 is 5.32 Å². The highest BCUT2D eigenvalue weighted by Crippen LogP contribution is 2.30. The minimum Gasteiger partial charge on any atom is -0.384 e. The molecule has 0 aromatic heterocycles. The Bertz CT molecular complexity index is 337. The fourth-order valence-electron chi connectivity index (χ4n) is 2.46. The van der Waals surface area contributed by atoms with Gasteiger partial charge in [-0.3, -0.25) is 0 Å². The van der Waals surface area contributed by atoms with Crippen molar-refractivity contribution in [3.63, 3.8) is 0 Å². The van der Waals surface area contributed by atoms with Crippen LogP contribution in [0.4, 0.5) is 0 Å². The second-order valence-corrected chi connectivity index (χ2v) is 4.76. The fraction of sp³-hybridized carbons (Fsp3) is 0.571. The summed E-state index contributed by atoms with van der Waals surface area (Å²) in [6.07, 6.45) is 2.45. The standard InChI is InChI=1S/C14H21NO/c1-11(10-16-2)9-15-14-8-7-12-5-3-4-6-13(12)14/h3-6,11,14-15H,7-10H2,1-2H3. The van der Waals surface area contributed by atoms with Crippen LogP contribution in [0, 0.1) is 5.92 Å². The van der Waals surface area contributed by atoms with E-state index in [4.69, 9.17) is 4.74 Å². The van der Waals surface area contributed by atoms with Crippen molar-refractivity contribution in [1.82, 2.24) is 5.32 Å². The van der Waals surface area contributed by atoms with Gasteiger partial charge in [0.2, 0.25) is 0 Å². The quantitative estimate of drug-likeness (QED) is 0.821. The lowest BCUT2D eigenvalue weighted by atomic mass is 10.1. The third-order valence-electron chi connectivity index (χ3n) is 3.30. The summed E-state index contributed by atoms with van der Waals surface area (Å²) in [5.41, 5.74) is 3.01. The van der Waals surface area contributed by atoms with Gasteiger partial charge in [0.25, 0.3) is 0 Å². The normalized spacial score (nSPS) is 20.8. The molecule has 2 unspecified atom stereocenters. The predicted octanol–water partition coefficient (Wildman–Crippen LogP) is 2.55. The highest BCUT2D eigenvalue weighted by molar-refractivity contribution is 5.34. The number of ether oxygens (including phenoxy) is 1. The molecule has 0 saturated heterocycles. The van der Waals surface area contributed by atoms with Crippen molar-refractivity contribution in [3.8, 4) is 0 Å². The van der Waals surface area contributed by atoms with E-state index in [1.54, 1.807) is 7.11 Å². The number of aryl methyl sites for hydroxylation is 1. The van der Waals surface area contributed by atoms with E-state index in [1.807, 2.05) is 0 Å². The van der Waals surface area contributed by atoms with Crippen LogP contribution in [-0.4, -0.2) is 20.3 Å². The molecule has 1 aromatic carbocycles. The Kier molecular flexibility index (Phi) is 3.97. The van der Waals surface area contributed by atoms with Crippen molar-refractivity contribution >= 4 is 0 Å². The van der Waals surface area contributed by atoms with E-state index in [1.165, 1.54) is 24.0 Å². The first-order valence-electron chi connectivity index (χ1n) is 6.11. The molecule has 2 atom stereocenters. The lowest BCUT2D eigenvalue weighted by Gasteiger charge is -2.17. The van der Waals surface area contributed by atoms with Gasteiger partial charge in [-0.1, -0.05) is 31.2 Å². The van der Waals surface area contributed by atoms with Gasteiger partial charge < -0.3 is 10.1 Å². The molecule has 1 aromatic rings. The molecule has 2 heteroatoms. The molecule has 1 aliphatic carbocycles. The molecule has 2 rings (SSSR count). The Morgan fingerprint density at radius 3 is 3.06 bits per heavy atom. The van der Waals surface area contributed by atoms with Gasteiger partial charge in [0.1, 0.15) is 0 Å². The SMILES string of the molecule is COCC(C)CNC1CCc2ccccc21. The molecule has 0 heterocycles. The number of nitrogens with one attached hydrogen (secondary N) is 1. The smallest absolute Gasteiger partial charge is 0.0499 e. The second-order valence-electron chi connectivity index (χ2n) is 4.76. The largest absolute Gasteiger partial charge is 0.384 e. The van der Waals surface area contributed by atoms with E-state index in [2.05, 4.69) is 36.5 Å². The minimum atomic E-state index is 0.551. The predicted molar refractivity (Wildman–Crippen MR) is 66.5 cm³/mol. The maximum Gasteiger partial charge on any atom is 0.0499 e. The van der Waals surface area contributed by atoms with E-state index in [-0.39, 0.29) is 0 Å². The highest BCUT2D eigenvalue weighted by Gasteiger charge is 2.21. The van der Waals surface area contributed by atoms with Crippen LogP contribution in [-0.2, 0) is 11.2 Å². The molecule has 0 fully saturated rings. The van der Waals surface area contributed by atoms with Crippen molar-refractivity contribution in [2.75, 3.05) is 20.3 Å². The minimum absolute atomic E-state index is 0.551. The van der Waals surface area contributed by atoms with E-state index < -0.39 is 0 Å². The molecule has 0 radical (unpaired) electrons. The van der Waals surface area contributed by atoms with Crippen molar-refractivity contribution in [2.24, 2.45) is 5.92 Å². The van der Waals surface area contributed by atoms with Crippen LogP contribution in [0.3, 0.4) is 0 Å². The second kappa shape index (κ2) is 5.46. The van der Waals surface area contributed by atoms with Crippen LogP contribution in [0.1, 0.15) is 30.5 Å². The van der Waals surface area contributed by atoms with Crippen LogP contribution in [0.2, 0.25) is 0 Å². The Hall–Kier alpha value is -0.860. The van der Waals surface area contributed by atoms with Crippen LogP contribution in [0.25, 0.3) is 0 Å². The van der Waals surface area contributed by atoms with Gasteiger partial charge in [-0.05, 0) is 29.9 Å². The van der Waals surface area contributed by atoms with Crippen molar-refractivity contribution in [1.29, 1.82) is 0 Å². The summed E-state index contributed by atoms with van der Waals surface area (Å²) in [7, 11) is 1.77. The number of hydrogen-bond acceptors (Lipinski definition) is 2. The van der Waals surface area contributed by atoms with E-state index in [0.717, 1.165) is 13.2 Å². The molecule has 0 saturated carbocycles. The number of fused-ring (bicyclic) bond motifs is 1. The number of benzene rings is 1. The van der Waals surface area contributed by atoms with Crippen LogP contribution in [0.15, 0.2) is 24.3 Å². The Morgan fingerprint density at radius 2 is 2.25 bits per heavy atom. The van der Waals surface area contributed by atoms with Gasteiger partial charge in [-0.25, -0.2) is 0 Å². The number of rotatable bonds is 5. The molecular weight excluding hydrogens is 198 g/mol. The van der Waals surface area contributed by atoms with Gasteiger partial charge >= 0.3 is 0 Å². The van der Waals surface area contributed by atoms with Gasteiger partial charge in [-0.2, -0.15) is 0 Å². The number of methoxy groups -OCH3 is 1. The van der Waals surface area contributed by atoms with Crippen molar-refractivity contribution < 1.29 is 4.74 Å². The Morgan fingerprint density at radius 1 is 1.44 bits per heavy atom. The lowest BCUT2D eigenvalue weighted by molar-refractivity contribution is 0.157. The first kappa shape index (κ1) is 11.6. The van der Waals surface area contributed by atoms with Gasteiger partial charge in [0.05, 0.1) is 0 Å². The summed E-state index contributed by atoms with van der Waals surface area (Å²) in [6, 6.07) is 9.32. The van der Waals surface area contributed by atoms with Gasteiger partial charge in [0.15, 0.2) is 0 Å². The summed E-state index contributed by atoms with van der Waals surface area (Å²) in [4.78, 5) is 0. The van der Waals surface area contributed by atoms with E-state index in [0.29, 0.717) is 12.0 Å². The van der Waals surface area contributed by atoms with Gasteiger partial charge in [0, 0.05) is 26.3 Å². The first-order valence-corrected chi connectivity index (χ1v) is 6.11. The molecular formula is C14H21NO. The average molecular weight is 219 g/mol. The van der Waals surface area contributed by atoms with E-state index in [9.17, 15) is 0 Å². The Balaban J connectivity index is 1.88. The van der Waals surface area contributed by atoms with Crippen LogP contribution in [0.5, 0.6) is 0 Å². The van der Waals surface area contributed by atoms with Crippen molar-refractivity contribution in [3.05, 3.63) is 35.4 Å². The summed E-state index contributed by atoms with van der Waals surface area (Å²) in [5, 5.41) is 3.64. The molecule has 88 valence electrons. The zero-order valence-corrected chi connectivity index (χ0v) is 10.2. The zero-order chi connectivity index (χ0) is 11.4. The maximum atomic E-state index is 5.15. The maximum absolute atomic E-state index is 5.15. The van der Waals surface area contributed by atoms with Crippen molar-refractivity contribution in [2.45, 2.75) is 25.8 Å². The first-order chi connectivity index (χ1) is 7.81. The molecule has 2 nitrogen and oxygen atoms in total. The molecule has 16 heavy (non-hydrogen) atoms. The molecule has 0 spiro atoms.